The molecule has 0 saturated carbocycles. The molecule has 3 heterocycles. The first kappa shape index (κ1) is 15.7. The van der Waals surface area contributed by atoms with Crippen molar-refractivity contribution in [2.75, 3.05) is 19.6 Å². The van der Waals surface area contributed by atoms with Crippen molar-refractivity contribution in [2.24, 2.45) is 0 Å². The molecule has 122 valence electrons. The number of carbonyl (C=O) groups excluding carboxylic acids is 2. The van der Waals surface area contributed by atoms with Crippen LogP contribution in [-0.2, 0) is 4.79 Å². The van der Waals surface area contributed by atoms with Crippen LogP contribution in [0.4, 0.5) is 0 Å². The summed E-state index contributed by atoms with van der Waals surface area (Å²) in [5.41, 5.74) is 0. The molecule has 2 aromatic rings. The predicted molar refractivity (Wildman–Crippen MR) is 87.2 cm³/mol. The number of hydrogen-bond acceptors (Lipinski definition) is 5. The zero-order valence-corrected chi connectivity index (χ0v) is 13.6. The molecule has 0 atom stereocenters. The lowest BCUT2D eigenvalue weighted by molar-refractivity contribution is -0.130. The van der Waals surface area contributed by atoms with E-state index in [2.05, 4.69) is 10.3 Å². The molecule has 0 unspecified atom stereocenters. The maximum absolute atomic E-state index is 12.1. The van der Waals surface area contributed by atoms with Gasteiger partial charge >= 0.3 is 0 Å². The molecule has 1 fully saturated rings. The second-order valence-electron chi connectivity index (χ2n) is 5.45. The van der Waals surface area contributed by atoms with Gasteiger partial charge < -0.3 is 14.6 Å². The Morgan fingerprint density at radius 1 is 1.39 bits per heavy atom. The number of nitrogens with zero attached hydrogens (tertiary/aromatic N) is 2. The first-order valence-electron chi connectivity index (χ1n) is 7.80. The zero-order chi connectivity index (χ0) is 16.1. The summed E-state index contributed by atoms with van der Waals surface area (Å²) in [5, 5.41) is 3.54. The Kier molecular flexibility index (Phi) is 5.07. The largest absolute Gasteiger partial charge is 0.462 e. The Hall–Kier alpha value is -2.15. The van der Waals surface area contributed by atoms with E-state index in [-0.39, 0.29) is 11.8 Å². The van der Waals surface area contributed by atoms with E-state index in [1.54, 1.807) is 18.5 Å². The fourth-order valence-corrected chi connectivity index (χ4v) is 3.36. The fourth-order valence-electron chi connectivity index (χ4n) is 2.56. The molecule has 6 nitrogen and oxygen atoms in total. The molecule has 0 radical (unpaired) electrons. The minimum Gasteiger partial charge on any atom is -0.462 e. The van der Waals surface area contributed by atoms with Crippen LogP contribution >= 0.6 is 11.3 Å². The summed E-state index contributed by atoms with van der Waals surface area (Å²) in [5.74, 6) is 0.682. The number of rotatable bonds is 5. The summed E-state index contributed by atoms with van der Waals surface area (Å²) in [6.45, 7) is 1.81. The van der Waals surface area contributed by atoms with Crippen molar-refractivity contribution in [3.05, 3.63) is 29.5 Å². The molecule has 0 bridgehead atoms. The number of likely N-dealkylation sites (tertiary alicyclic amines) is 1. The number of carbonyl (C=O) groups is 2. The van der Waals surface area contributed by atoms with Crippen molar-refractivity contribution >= 4 is 23.2 Å². The summed E-state index contributed by atoms with van der Waals surface area (Å²) in [6, 6.07) is 3.60. The van der Waals surface area contributed by atoms with Gasteiger partial charge in [-0.15, -0.1) is 11.3 Å². The Morgan fingerprint density at radius 3 is 3.13 bits per heavy atom. The highest BCUT2D eigenvalue weighted by atomic mass is 32.1. The smallest absolute Gasteiger partial charge is 0.263 e. The van der Waals surface area contributed by atoms with Gasteiger partial charge in [0, 0.05) is 26.1 Å². The van der Waals surface area contributed by atoms with Crippen molar-refractivity contribution in [3.63, 3.8) is 0 Å². The van der Waals surface area contributed by atoms with Crippen molar-refractivity contribution in [1.29, 1.82) is 0 Å². The molecule has 0 spiro atoms. The van der Waals surface area contributed by atoms with Gasteiger partial charge in [0.2, 0.25) is 5.91 Å². The lowest BCUT2D eigenvalue weighted by atomic mass is 10.2. The Balaban J connectivity index is 1.50. The number of hydrogen-bond donors (Lipinski definition) is 1. The molecule has 1 N–H and O–H groups in total. The molecule has 23 heavy (non-hydrogen) atoms. The highest BCUT2D eigenvalue weighted by molar-refractivity contribution is 7.16. The van der Waals surface area contributed by atoms with Crippen LogP contribution in [-0.4, -0.2) is 41.3 Å². The highest BCUT2D eigenvalue weighted by Gasteiger charge is 2.17. The maximum atomic E-state index is 12.1. The van der Waals surface area contributed by atoms with Gasteiger partial charge in [-0.05, 0) is 25.0 Å². The van der Waals surface area contributed by atoms with Gasteiger partial charge in [-0.2, -0.15) is 0 Å². The number of thiazole rings is 1. The van der Waals surface area contributed by atoms with Crippen molar-refractivity contribution < 1.29 is 14.0 Å². The molecule has 7 heteroatoms. The Morgan fingerprint density at radius 2 is 2.30 bits per heavy atom. The van der Waals surface area contributed by atoms with Gasteiger partial charge in [0.05, 0.1) is 12.5 Å². The molecule has 1 aliphatic heterocycles. The first-order chi connectivity index (χ1) is 11.2. The van der Waals surface area contributed by atoms with Crippen LogP contribution in [0.2, 0.25) is 0 Å². The SMILES string of the molecule is O=C(NCCN1CCCCCC1=O)c1cnc(-c2ccco2)s1. The number of furan rings is 1. The second kappa shape index (κ2) is 7.41. The van der Waals surface area contributed by atoms with E-state index in [0.29, 0.717) is 35.2 Å². The third kappa shape index (κ3) is 3.98. The summed E-state index contributed by atoms with van der Waals surface area (Å²) in [6.07, 6.45) is 6.86. The summed E-state index contributed by atoms with van der Waals surface area (Å²) in [7, 11) is 0. The quantitative estimate of drug-likeness (QED) is 0.912. The van der Waals surface area contributed by atoms with Crippen LogP contribution in [0, 0.1) is 0 Å². The van der Waals surface area contributed by atoms with E-state index in [9.17, 15) is 9.59 Å². The molecule has 2 aromatic heterocycles. The summed E-state index contributed by atoms with van der Waals surface area (Å²) >= 11 is 1.29. The van der Waals surface area contributed by atoms with Crippen LogP contribution in [0.25, 0.3) is 10.8 Å². The van der Waals surface area contributed by atoms with E-state index >= 15 is 0 Å². The standard InChI is InChI=1S/C16H19N3O3S/c20-14-6-2-1-3-8-19(14)9-7-17-15(21)13-11-18-16(23-13)12-5-4-10-22-12/h4-5,10-11H,1-3,6-9H2,(H,17,21). The van der Waals surface area contributed by atoms with Gasteiger partial charge in [0.1, 0.15) is 4.88 Å². The van der Waals surface area contributed by atoms with E-state index in [1.807, 2.05) is 11.0 Å². The highest BCUT2D eigenvalue weighted by Crippen LogP contribution is 2.25. The molecule has 0 aliphatic carbocycles. The van der Waals surface area contributed by atoms with Gasteiger partial charge in [-0.25, -0.2) is 4.98 Å². The van der Waals surface area contributed by atoms with Gasteiger partial charge in [0.15, 0.2) is 10.8 Å². The minimum atomic E-state index is -0.164. The number of amides is 2. The molecular formula is C16H19N3O3S. The molecule has 2 amide bonds. The topological polar surface area (TPSA) is 75.4 Å². The van der Waals surface area contributed by atoms with E-state index < -0.39 is 0 Å². The van der Waals surface area contributed by atoms with Gasteiger partial charge in [0.25, 0.3) is 5.91 Å². The van der Waals surface area contributed by atoms with Crippen molar-refractivity contribution in [1.82, 2.24) is 15.2 Å². The Labute approximate surface area is 138 Å². The molecular weight excluding hydrogens is 314 g/mol. The lowest BCUT2D eigenvalue weighted by Crippen LogP contribution is -2.38. The first-order valence-corrected chi connectivity index (χ1v) is 8.61. The third-order valence-electron chi connectivity index (χ3n) is 3.80. The number of nitrogens with one attached hydrogen (secondary N) is 1. The second-order valence-corrected chi connectivity index (χ2v) is 6.48. The van der Waals surface area contributed by atoms with Crippen LogP contribution in [0.3, 0.4) is 0 Å². The summed E-state index contributed by atoms with van der Waals surface area (Å²) < 4.78 is 5.27. The van der Waals surface area contributed by atoms with E-state index in [4.69, 9.17) is 4.42 Å². The fraction of sp³-hybridized carbons (Fsp3) is 0.438. The van der Waals surface area contributed by atoms with Gasteiger partial charge in [-0.1, -0.05) is 6.42 Å². The maximum Gasteiger partial charge on any atom is 0.263 e. The zero-order valence-electron chi connectivity index (χ0n) is 12.8. The molecule has 1 aliphatic rings. The average molecular weight is 333 g/mol. The third-order valence-corrected chi connectivity index (χ3v) is 4.81. The van der Waals surface area contributed by atoms with Crippen molar-refractivity contribution in [3.8, 4) is 10.8 Å². The van der Waals surface area contributed by atoms with E-state index in [1.165, 1.54) is 11.3 Å². The van der Waals surface area contributed by atoms with Gasteiger partial charge in [-0.3, -0.25) is 9.59 Å². The molecule has 3 rings (SSSR count). The molecule has 1 saturated heterocycles. The normalized spacial score (nSPS) is 15.5. The van der Waals surface area contributed by atoms with Crippen LogP contribution < -0.4 is 5.32 Å². The summed E-state index contributed by atoms with van der Waals surface area (Å²) in [4.78, 5) is 30.6. The van der Waals surface area contributed by atoms with Crippen molar-refractivity contribution in [2.45, 2.75) is 25.7 Å². The monoisotopic (exact) mass is 333 g/mol. The predicted octanol–water partition coefficient (Wildman–Crippen LogP) is 2.54. The lowest BCUT2D eigenvalue weighted by Gasteiger charge is -2.20. The van der Waals surface area contributed by atoms with Crippen LogP contribution in [0.15, 0.2) is 29.0 Å². The average Bonchev–Trinajstić information content (AvgIpc) is 3.19. The van der Waals surface area contributed by atoms with Crippen LogP contribution in [0.5, 0.6) is 0 Å². The minimum absolute atomic E-state index is 0.164. The van der Waals surface area contributed by atoms with E-state index in [0.717, 1.165) is 25.8 Å². The van der Waals surface area contributed by atoms with Crippen LogP contribution in [0.1, 0.15) is 35.4 Å². The Bertz CT molecular complexity index is 666. The molecule has 0 aromatic carbocycles. The number of aromatic nitrogens is 1.